The van der Waals surface area contributed by atoms with Crippen LogP contribution in [-0.2, 0) is 35.4 Å². The molecule has 0 saturated carbocycles. The van der Waals surface area contributed by atoms with Gasteiger partial charge in [0.2, 0.25) is 0 Å². The van der Waals surface area contributed by atoms with E-state index in [0.717, 1.165) is 24.7 Å². The SMILES string of the molecule is C=C([O-])C(=O)O.C=C([O-])C(=O)O.CC(C)CC1=[C-]CC=C1.CC(C)CC1=[C-]CC=C1.[Hf+4]. The maximum atomic E-state index is 9.43. The number of hydrogen-bond acceptors (Lipinski definition) is 4. The van der Waals surface area contributed by atoms with E-state index in [1.807, 2.05) is 0 Å². The van der Waals surface area contributed by atoms with Gasteiger partial charge in [-0.2, -0.15) is 12.2 Å². The molecular weight excluding hydrogens is 563 g/mol. The van der Waals surface area contributed by atoms with Crippen molar-refractivity contribution < 1.29 is 55.9 Å². The van der Waals surface area contributed by atoms with Crippen molar-refractivity contribution in [3.8, 4) is 0 Å². The maximum Gasteiger partial charge on any atom is 4.00 e. The van der Waals surface area contributed by atoms with Crippen LogP contribution in [0.15, 0.2) is 60.1 Å². The molecule has 7 heteroatoms. The molecule has 0 bridgehead atoms. The summed E-state index contributed by atoms with van der Waals surface area (Å²) in [6.07, 6.45) is 19.7. The Bertz CT molecular complexity index is 613. The van der Waals surface area contributed by atoms with E-state index in [1.54, 1.807) is 0 Å². The third kappa shape index (κ3) is 24.0. The zero-order chi connectivity index (χ0) is 23.7. The quantitative estimate of drug-likeness (QED) is 0.211. The summed E-state index contributed by atoms with van der Waals surface area (Å²) < 4.78 is 0. The van der Waals surface area contributed by atoms with E-state index in [2.05, 4.69) is 77.3 Å². The standard InChI is InChI=1S/2C9H13.2C3H4O3.Hf/c2*1-8(2)7-9-5-3-4-6-9;2*1-2(4)3(5)6;/h2*3,5,8H,4,7H2,1-2H3;2*4H,1H2,(H,5,6);/q2*-1;;;+4/p-2. The minimum Gasteiger partial charge on any atom is -0.868 e. The molecule has 2 N–H and O–H groups in total. The zero-order valence-corrected chi connectivity index (χ0v) is 22.3. The molecule has 0 aliphatic heterocycles. The normalized spacial score (nSPS) is 12.7. The molecule has 0 spiro atoms. The summed E-state index contributed by atoms with van der Waals surface area (Å²) in [5, 5.41) is 34.0. The van der Waals surface area contributed by atoms with Crippen LogP contribution in [-0.4, -0.2) is 22.2 Å². The molecule has 0 aromatic carbocycles. The average molecular weight is 595 g/mol. The number of carbonyl (C=O) groups is 2. The van der Waals surface area contributed by atoms with Gasteiger partial charge in [0, 0.05) is 0 Å². The van der Waals surface area contributed by atoms with E-state index in [0.29, 0.717) is 0 Å². The second-order valence-corrected chi connectivity index (χ2v) is 7.27. The molecule has 0 aromatic rings. The van der Waals surface area contributed by atoms with E-state index in [1.165, 1.54) is 24.0 Å². The van der Waals surface area contributed by atoms with Crippen molar-refractivity contribution in [2.75, 3.05) is 0 Å². The van der Waals surface area contributed by atoms with Crippen LogP contribution >= 0.6 is 0 Å². The summed E-state index contributed by atoms with van der Waals surface area (Å²) in [4.78, 5) is 18.6. The van der Waals surface area contributed by atoms with Crippen LogP contribution in [0, 0.1) is 24.0 Å². The van der Waals surface area contributed by atoms with Crippen LogP contribution in [0.1, 0.15) is 53.4 Å². The van der Waals surface area contributed by atoms with E-state index >= 15 is 0 Å². The Morgan fingerprint density at radius 1 is 0.871 bits per heavy atom. The fourth-order valence-corrected chi connectivity index (χ4v) is 2.06. The molecule has 2 rings (SSSR count). The fourth-order valence-electron chi connectivity index (χ4n) is 2.06. The largest absolute Gasteiger partial charge is 4.00 e. The smallest absolute Gasteiger partial charge is 0.868 e. The van der Waals surface area contributed by atoms with Crippen molar-refractivity contribution in [1.82, 2.24) is 0 Å². The molecule has 31 heavy (non-hydrogen) atoms. The van der Waals surface area contributed by atoms with Gasteiger partial charge in [0.15, 0.2) is 0 Å². The summed E-state index contributed by atoms with van der Waals surface area (Å²) in [7, 11) is 0. The summed E-state index contributed by atoms with van der Waals surface area (Å²) in [5.74, 6) is -3.58. The summed E-state index contributed by atoms with van der Waals surface area (Å²) >= 11 is 0. The monoisotopic (exact) mass is 596 g/mol. The number of allylic oxidation sites excluding steroid dienone is 8. The second-order valence-electron chi connectivity index (χ2n) is 7.27. The number of aliphatic carboxylic acids is 2. The van der Waals surface area contributed by atoms with Gasteiger partial charge in [-0.15, -0.1) is 12.8 Å². The molecule has 2 aliphatic rings. The average Bonchev–Trinajstić information content (AvgIpc) is 3.29. The third-order valence-corrected chi connectivity index (χ3v) is 3.27. The van der Waals surface area contributed by atoms with Crippen molar-refractivity contribution in [3.05, 3.63) is 72.3 Å². The predicted molar refractivity (Wildman–Crippen MR) is 113 cm³/mol. The number of hydrogen-bond donors (Lipinski definition) is 2. The van der Waals surface area contributed by atoms with E-state index in [9.17, 15) is 19.8 Å². The Morgan fingerprint density at radius 2 is 1.13 bits per heavy atom. The first-order chi connectivity index (χ1) is 13.9. The Morgan fingerprint density at radius 3 is 1.26 bits per heavy atom. The van der Waals surface area contributed by atoms with Crippen LogP contribution in [0.5, 0.6) is 0 Å². The van der Waals surface area contributed by atoms with Crippen LogP contribution in [0.4, 0.5) is 0 Å². The van der Waals surface area contributed by atoms with Crippen LogP contribution in [0.2, 0.25) is 0 Å². The molecule has 2 aliphatic carbocycles. The summed E-state index contributed by atoms with van der Waals surface area (Å²) in [6.45, 7) is 14.1. The van der Waals surface area contributed by atoms with Gasteiger partial charge in [-0.25, -0.2) is 32.9 Å². The fraction of sp³-hybridized carbons (Fsp3) is 0.417. The minimum absolute atomic E-state index is 0. The van der Waals surface area contributed by atoms with Gasteiger partial charge < -0.3 is 20.4 Å². The molecule has 0 atom stereocenters. The first-order valence-electron chi connectivity index (χ1n) is 9.57. The van der Waals surface area contributed by atoms with Crippen molar-refractivity contribution in [2.24, 2.45) is 11.8 Å². The predicted octanol–water partition coefficient (Wildman–Crippen LogP) is 3.33. The van der Waals surface area contributed by atoms with Crippen LogP contribution in [0.25, 0.3) is 0 Å². The van der Waals surface area contributed by atoms with Gasteiger partial charge >= 0.3 is 37.8 Å². The maximum absolute atomic E-state index is 9.43. The van der Waals surface area contributed by atoms with Gasteiger partial charge in [0.25, 0.3) is 0 Å². The van der Waals surface area contributed by atoms with Gasteiger partial charge in [-0.05, 0) is 23.4 Å². The molecule has 0 amide bonds. The molecule has 6 nitrogen and oxygen atoms in total. The molecule has 0 fully saturated rings. The number of carboxylic acid groups (broad SMARTS) is 2. The Hall–Kier alpha value is -2.15. The van der Waals surface area contributed by atoms with E-state index in [-0.39, 0.29) is 25.8 Å². The van der Waals surface area contributed by atoms with Gasteiger partial charge in [-0.3, -0.25) is 12.2 Å². The van der Waals surface area contributed by atoms with Gasteiger partial charge in [0.1, 0.15) is 0 Å². The van der Waals surface area contributed by atoms with E-state index < -0.39 is 23.5 Å². The van der Waals surface area contributed by atoms with E-state index in [4.69, 9.17) is 10.2 Å². The molecule has 0 aromatic heterocycles. The topological polar surface area (TPSA) is 121 Å². The van der Waals surface area contributed by atoms with Crippen molar-refractivity contribution in [2.45, 2.75) is 53.4 Å². The van der Waals surface area contributed by atoms with Gasteiger partial charge in [0.05, 0.1) is 0 Å². The molecule has 0 radical (unpaired) electrons. The van der Waals surface area contributed by atoms with Crippen LogP contribution in [0.3, 0.4) is 0 Å². The number of carboxylic acids is 2. The minimum atomic E-state index is -1.49. The molecular formula is C24H32HfO6. The van der Waals surface area contributed by atoms with Crippen LogP contribution < -0.4 is 10.2 Å². The Balaban J connectivity index is -0.000000341. The number of rotatable bonds is 6. The Labute approximate surface area is 204 Å². The third-order valence-electron chi connectivity index (χ3n) is 3.27. The van der Waals surface area contributed by atoms with Gasteiger partial charge in [-0.1, -0.05) is 53.7 Å². The first-order valence-corrected chi connectivity index (χ1v) is 9.57. The molecule has 0 unspecified atom stereocenters. The summed E-state index contributed by atoms with van der Waals surface area (Å²) in [6, 6.07) is 0. The first kappa shape index (κ1) is 33.5. The Kier molecular flexibility index (Phi) is 21.4. The van der Waals surface area contributed by atoms with Crippen molar-refractivity contribution >= 4 is 11.9 Å². The molecule has 168 valence electrons. The molecule has 0 heterocycles. The van der Waals surface area contributed by atoms with Crippen molar-refractivity contribution in [1.29, 1.82) is 0 Å². The van der Waals surface area contributed by atoms with Crippen molar-refractivity contribution in [3.63, 3.8) is 0 Å². The zero-order valence-electron chi connectivity index (χ0n) is 18.7. The molecule has 0 saturated heterocycles. The second kappa shape index (κ2) is 19.8. The summed E-state index contributed by atoms with van der Waals surface area (Å²) in [5.41, 5.74) is 2.79.